The summed E-state index contributed by atoms with van der Waals surface area (Å²) in [6.45, 7) is 7.42. The SMILES string of the molecule is Cc1nccnc1S(=O)(=O)[C@@H]1CCN(C(=O)OC(C)(C)C)C1. The van der Waals surface area contributed by atoms with Crippen LogP contribution in [0.3, 0.4) is 0 Å². The zero-order valence-electron chi connectivity index (χ0n) is 13.2. The maximum atomic E-state index is 12.6. The molecule has 1 saturated heterocycles. The lowest BCUT2D eigenvalue weighted by atomic mass is 10.2. The number of amides is 1. The molecule has 0 bridgehead atoms. The van der Waals surface area contributed by atoms with Crippen molar-refractivity contribution in [1.29, 1.82) is 0 Å². The van der Waals surface area contributed by atoms with E-state index in [1.54, 1.807) is 27.7 Å². The number of ether oxygens (including phenoxy) is 1. The minimum Gasteiger partial charge on any atom is -0.444 e. The summed E-state index contributed by atoms with van der Waals surface area (Å²) < 4.78 is 30.5. The second-order valence-electron chi connectivity index (χ2n) is 6.33. The van der Waals surface area contributed by atoms with Gasteiger partial charge in [0.05, 0.1) is 10.9 Å². The molecule has 1 fully saturated rings. The molecule has 1 aromatic rings. The van der Waals surface area contributed by atoms with Crippen LogP contribution in [0, 0.1) is 6.92 Å². The first-order chi connectivity index (χ1) is 10.1. The first-order valence-corrected chi connectivity index (χ1v) is 8.65. The number of aryl methyl sites for hydroxylation is 1. The molecule has 0 spiro atoms. The number of hydrogen-bond donors (Lipinski definition) is 0. The number of carbonyl (C=O) groups is 1. The molecule has 0 saturated carbocycles. The highest BCUT2D eigenvalue weighted by Gasteiger charge is 2.39. The molecule has 122 valence electrons. The van der Waals surface area contributed by atoms with Gasteiger partial charge in [-0.3, -0.25) is 4.98 Å². The minimum absolute atomic E-state index is 0.00830. The van der Waals surface area contributed by atoms with Crippen LogP contribution < -0.4 is 0 Å². The first-order valence-electron chi connectivity index (χ1n) is 7.11. The Labute approximate surface area is 130 Å². The summed E-state index contributed by atoms with van der Waals surface area (Å²) in [5.41, 5.74) is -0.228. The summed E-state index contributed by atoms with van der Waals surface area (Å²) in [7, 11) is -3.60. The fraction of sp³-hybridized carbons (Fsp3) is 0.643. The molecule has 1 aliphatic rings. The van der Waals surface area contributed by atoms with Gasteiger partial charge in [0, 0.05) is 25.5 Å². The quantitative estimate of drug-likeness (QED) is 0.819. The van der Waals surface area contributed by atoms with Crippen LogP contribution in [0.15, 0.2) is 17.4 Å². The van der Waals surface area contributed by atoms with Gasteiger partial charge in [-0.25, -0.2) is 18.2 Å². The summed E-state index contributed by atoms with van der Waals surface area (Å²) >= 11 is 0. The zero-order valence-corrected chi connectivity index (χ0v) is 14.1. The van der Waals surface area contributed by atoms with E-state index in [1.165, 1.54) is 17.3 Å². The van der Waals surface area contributed by atoms with Crippen molar-refractivity contribution in [3.8, 4) is 0 Å². The Morgan fingerprint density at radius 2 is 1.95 bits per heavy atom. The molecule has 2 rings (SSSR count). The highest BCUT2D eigenvalue weighted by atomic mass is 32.2. The Morgan fingerprint density at radius 1 is 1.32 bits per heavy atom. The van der Waals surface area contributed by atoms with Crippen LogP contribution in [0.1, 0.15) is 32.9 Å². The number of rotatable bonds is 2. The van der Waals surface area contributed by atoms with E-state index in [4.69, 9.17) is 4.74 Å². The Bertz CT molecular complexity index is 667. The van der Waals surface area contributed by atoms with Crippen molar-refractivity contribution in [3.05, 3.63) is 18.1 Å². The number of aromatic nitrogens is 2. The maximum absolute atomic E-state index is 12.6. The molecule has 1 atom stereocenters. The van der Waals surface area contributed by atoms with Gasteiger partial charge in [0.15, 0.2) is 5.03 Å². The number of hydrogen-bond acceptors (Lipinski definition) is 6. The molecule has 0 radical (unpaired) electrons. The van der Waals surface area contributed by atoms with Crippen LogP contribution in [-0.4, -0.2) is 53.3 Å². The third-order valence-electron chi connectivity index (χ3n) is 3.34. The van der Waals surface area contributed by atoms with Crippen molar-refractivity contribution < 1.29 is 17.9 Å². The smallest absolute Gasteiger partial charge is 0.410 e. The van der Waals surface area contributed by atoms with Gasteiger partial charge in [0.2, 0.25) is 9.84 Å². The Kier molecular flexibility index (Phi) is 4.42. The van der Waals surface area contributed by atoms with Crippen LogP contribution in [0.4, 0.5) is 4.79 Å². The van der Waals surface area contributed by atoms with Crippen LogP contribution in [-0.2, 0) is 14.6 Å². The minimum atomic E-state index is -3.60. The third-order valence-corrected chi connectivity index (χ3v) is 5.54. The van der Waals surface area contributed by atoms with Crippen LogP contribution >= 0.6 is 0 Å². The number of sulfone groups is 1. The van der Waals surface area contributed by atoms with Gasteiger partial charge in [-0.05, 0) is 34.1 Å². The predicted molar refractivity (Wildman–Crippen MR) is 80.2 cm³/mol. The molecule has 1 amide bonds. The van der Waals surface area contributed by atoms with Crippen molar-refractivity contribution in [2.75, 3.05) is 13.1 Å². The molecule has 8 heteroatoms. The Morgan fingerprint density at radius 3 is 2.55 bits per heavy atom. The molecule has 1 aliphatic heterocycles. The zero-order chi connectivity index (χ0) is 16.5. The van der Waals surface area contributed by atoms with Crippen molar-refractivity contribution >= 4 is 15.9 Å². The number of nitrogens with zero attached hydrogens (tertiary/aromatic N) is 3. The van der Waals surface area contributed by atoms with Gasteiger partial charge in [0.1, 0.15) is 5.60 Å². The van der Waals surface area contributed by atoms with E-state index in [9.17, 15) is 13.2 Å². The predicted octanol–water partition coefficient (Wildman–Crippen LogP) is 1.57. The van der Waals surface area contributed by atoms with Crippen LogP contribution in [0.5, 0.6) is 0 Å². The maximum Gasteiger partial charge on any atom is 0.410 e. The lowest BCUT2D eigenvalue weighted by Crippen LogP contribution is -2.36. The molecule has 22 heavy (non-hydrogen) atoms. The molecule has 7 nitrogen and oxygen atoms in total. The molecular weight excluding hydrogens is 306 g/mol. The molecule has 0 N–H and O–H groups in total. The molecule has 1 aromatic heterocycles. The standard InChI is InChI=1S/C14H21N3O4S/c1-10-12(16-7-6-15-10)22(19,20)11-5-8-17(9-11)13(18)21-14(2,3)4/h6-7,11H,5,8-9H2,1-4H3/t11-/m1/s1. The molecule has 0 unspecified atom stereocenters. The van der Waals surface area contributed by atoms with Crippen molar-refractivity contribution in [3.63, 3.8) is 0 Å². The van der Waals surface area contributed by atoms with E-state index in [1.807, 2.05) is 0 Å². The molecule has 0 aliphatic carbocycles. The average Bonchev–Trinajstić information content (AvgIpc) is 2.87. The van der Waals surface area contributed by atoms with E-state index in [0.717, 1.165) is 0 Å². The van der Waals surface area contributed by atoms with Gasteiger partial charge in [0.25, 0.3) is 0 Å². The van der Waals surface area contributed by atoms with E-state index >= 15 is 0 Å². The highest BCUT2D eigenvalue weighted by molar-refractivity contribution is 7.92. The fourth-order valence-corrected chi connectivity index (χ4v) is 4.09. The second-order valence-corrected chi connectivity index (χ2v) is 8.47. The topological polar surface area (TPSA) is 89.5 Å². The highest BCUT2D eigenvalue weighted by Crippen LogP contribution is 2.25. The molecule has 0 aromatic carbocycles. The largest absolute Gasteiger partial charge is 0.444 e. The van der Waals surface area contributed by atoms with Gasteiger partial charge < -0.3 is 9.64 Å². The van der Waals surface area contributed by atoms with Gasteiger partial charge in [-0.2, -0.15) is 0 Å². The van der Waals surface area contributed by atoms with E-state index < -0.39 is 26.8 Å². The van der Waals surface area contributed by atoms with Crippen LogP contribution in [0.25, 0.3) is 0 Å². The summed E-state index contributed by atoms with van der Waals surface area (Å²) in [4.78, 5) is 21.4. The molecule has 2 heterocycles. The van der Waals surface area contributed by atoms with Gasteiger partial charge >= 0.3 is 6.09 Å². The monoisotopic (exact) mass is 327 g/mol. The Hall–Kier alpha value is -1.70. The second kappa shape index (κ2) is 5.83. The van der Waals surface area contributed by atoms with Gasteiger partial charge in [-0.15, -0.1) is 0 Å². The Balaban J connectivity index is 2.13. The number of likely N-dealkylation sites (tertiary alicyclic amines) is 1. The summed E-state index contributed by atoms with van der Waals surface area (Å²) in [6, 6.07) is 0. The fourth-order valence-electron chi connectivity index (χ4n) is 2.31. The average molecular weight is 327 g/mol. The lowest BCUT2D eigenvalue weighted by molar-refractivity contribution is 0.0295. The normalized spacial score (nSPS) is 19.3. The van der Waals surface area contributed by atoms with E-state index in [2.05, 4.69) is 9.97 Å². The van der Waals surface area contributed by atoms with Gasteiger partial charge in [-0.1, -0.05) is 0 Å². The third kappa shape index (κ3) is 3.55. The van der Waals surface area contributed by atoms with Crippen LogP contribution in [0.2, 0.25) is 0 Å². The summed E-state index contributed by atoms with van der Waals surface area (Å²) in [6.07, 6.45) is 2.70. The summed E-state index contributed by atoms with van der Waals surface area (Å²) in [5.74, 6) is 0. The van der Waals surface area contributed by atoms with E-state index in [-0.39, 0.29) is 11.6 Å². The summed E-state index contributed by atoms with van der Waals surface area (Å²) in [5, 5.41) is -0.679. The first kappa shape index (κ1) is 16.7. The van der Waals surface area contributed by atoms with Crippen molar-refractivity contribution in [2.24, 2.45) is 0 Å². The van der Waals surface area contributed by atoms with Crippen molar-refractivity contribution in [2.45, 2.75) is 50.0 Å². The van der Waals surface area contributed by atoms with E-state index in [0.29, 0.717) is 18.7 Å². The molecular formula is C14H21N3O4S. The lowest BCUT2D eigenvalue weighted by Gasteiger charge is -2.24. The number of carbonyl (C=O) groups excluding carboxylic acids is 1. The van der Waals surface area contributed by atoms with Crippen molar-refractivity contribution in [1.82, 2.24) is 14.9 Å².